The molecule has 57 valence electrons. The van der Waals surface area contributed by atoms with Gasteiger partial charge in [-0.2, -0.15) is 0 Å². The Labute approximate surface area is 67.1 Å². The van der Waals surface area contributed by atoms with Crippen molar-refractivity contribution < 1.29 is 4.79 Å². The van der Waals surface area contributed by atoms with Crippen LogP contribution in [-0.2, 0) is 0 Å². The summed E-state index contributed by atoms with van der Waals surface area (Å²) in [5, 5.41) is 0. The second-order valence-electron chi connectivity index (χ2n) is 2.54. The average Bonchev–Trinajstić information content (AvgIpc) is 2.05. The summed E-state index contributed by atoms with van der Waals surface area (Å²) in [6.07, 6.45) is 0.336. The molecule has 1 rings (SSSR count). The van der Waals surface area contributed by atoms with E-state index in [0.29, 0.717) is 6.42 Å². The van der Waals surface area contributed by atoms with E-state index >= 15 is 0 Å². The Bertz CT molecular complexity index is 246. The van der Waals surface area contributed by atoms with Crippen molar-refractivity contribution in [3.05, 3.63) is 42.3 Å². The van der Waals surface area contributed by atoms with Gasteiger partial charge in [0.25, 0.3) is 0 Å². The van der Waals surface area contributed by atoms with Crippen molar-refractivity contribution in [2.24, 2.45) is 0 Å². The third-order valence-corrected chi connectivity index (χ3v) is 1.60. The molecule has 0 fully saturated rings. The Morgan fingerprint density at radius 2 is 1.91 bits per heavy atom. The van der Waals surface area contributed by atoms with Crippen LogP contribution in [0.25, 0.3) is 0 Å². The van der Waals surface area contributed by atoms with Crippen molar-refractivity contribution in [1.29, 1.82) is 0 Å². The maximum absolute atomic E-state index is 11.1. The number of ketones is 1. The van der Waals surface area contributed by atoms with Gasteiger partial charge in [0, 0.05) is 12.0 Å². The lowest BCUT2D eigenvalue weighted by Crippen LogP contribution is -1.95. The van der Waals surface area contributed by atoms with E-state index in [0.717, 1.165) is 5.56 Å². The third-order valence-electron chi connectivity index (χ3n) is 1.60. The van der Waals surface area contributed by atoms with Gasteiger partial charge in [0.05, 0.1) is 0 Å². The first-order valence-electron chi connectivity index (χ1n) is 3.63. The van der Waals surface area contributed by atoms with Gasteiger partial charge < -0.3 is 0 Å². The van der Waals surface area contributed by atoms with Crippen molar-refractivity contribution in [2.45, 2.75) is 13.3 Å². The molecule has 0 atom stereocenters. The van der Waals surface area contributed by atoms with Gasteiger partial charge in [0.1, 0.15) is 0 Å². The quantitative estimate of drug-likeness (QED) is 0.587. The van der Waals surface area contributed by atoms with Gasteiger partial charge in [-0.25, -0.2) is 0 Å². The summed E-state index contributed by atoms with van der Waals surface area (Å²) < 4.78 is 0. The van der Waals surface area contributed by atoms with Crippen LogP contribution in [0.2, 0.25) is 0 Å². The zero-order valence-corrected chi connectivity index (χ0v) is 6.63. The topological polar surface area (TPSA) is 17.1 Å². The standard InChI is InChI=1S/C10H11O/c1-3-10(11)9-6-4-8(2)5-7-9/h4-7H,1,3H2,2H3. The predicted octanol–water partition coefficient (Wildman–Crippen LogP) is 2.40. The summed E-state index contributed by atoms with van der Waals surface area (Å²) in [4.78, 5) is 11.1. The van der Waals surface area contributed by atoms with E-state index in [4.69, 9.17) is 0 Å². The van der Waals surface area contributed by atoms with Gasteiger partial charge in [-0.15, -0.1) is 0 Å². The molecule has 0 heterocycles. The number of benzene rings is 1. The number of hydrogen-bond donors (Lipinski definition) is 0. The van der Waals surface area contributed by atoms with E-state index in [1.165, 1.54) is 5.56 Å². The highest BCUT2D eigenvalue weighted by Crippen LogP contribution is 2.04. The van der Waals surface area contributed by atoms with Gasteiger partial charge >= 0.3 is 0 Å². The summed E-state index contributed by atoms with van der Waals surface area (Å²) in [5.74, 6) is 0.102. The zero-order chi connectivity index (χ0) is 8.27. The summed E-state index contributed by atoms with van der Waals surface area (Å²) >= 11 is 0. The van der Waals surface area contributed by atoms with Gasteiger partial charge in [-0.1, -0.05) is 29.8 Å². The lowest BCUT2D eigenvalue weighted by molar-refractivity contribution is 0.0995. The van der Waals surface area contributed by atoms with Crippen molar-refractivity contribution in [1.82, 2.24) is 0 Å². The molecule has 1 aromatic rings. The fourth-order valence-electron chi connectivity index (χ4n) is 0.884. The number of carbonyl (C=O) groups is 1. The van der Waals surface area contributed by atoms with E-state index in [1.807, 2.05) is 31.2 Å². The molecule has 0 aliphatic carbocycles. The summed E-state index contributed by atoms with van der Waals surface area (Å²) in [6.45, 7) is 5.53. The molecule has 1 heteroatoms. The molecule has 1 nitrogen and oxygen atoms in total. The Morgan fingerprint density at radius 1 is 1.36 bits per heavy atom. The molecule has 0 saturated carbocycles. The Kier molecular flexibility index (Phi) is 2.42. The number of aryl methyl sites for hydroxylation is 1. The highest BCUT2D eigenvalue weighted by Gasteiger charge is 1.99. The smallest absolute Gasteiger partial charge is 0.162 e. The second kappa shape index (κ2) is 3.33. The highest BCUT2D eigenvalue weighted by molar-refractivity contribution is 5.96. The minimum atomic E-state index is 0.102. The molecular weight excluding hydrogens is 136 g/mol. The maximum Gasteiger partial charge on any atom is 0.162 e. The van der Waals surface area contributed by atoms with Crippen LogP contribution >= 0.6 is 0 Å². The fraction of sp³-hybridized carbons (Fsp3) is 0.200. The predicted molar refractivity (Wildman–Crippen MR) is 45.5 cm³/mol. The molecular formula is C10H11O. The van der Waals surface area contributed by atoms with E-state index in [9.17, 15) is 4.79 Å². The monoisotopic (exact) mass is 147 g/mol. The van der Waals surface area contributed by atoms with Crippen molar-refractivity contribution in [3.8, 4) is 0 Å². The molecule has 1 aromatic carbocycles. The Balaban J connectivity index is 2.90. The number of Topliss-reactive ketones (excluding diaryl/α,β-unsaturated/α-hetero) is 1. The average molecular weight is 147 g/mol. The van der Waals surface area contributed by atoms with Crippen LogP contribution in [0, 0.1) is 13.8 Å². The largest absolute Gasteiger partial charge is 0.294 e. The summed E-state index contributed by atoms with van der Waals surface area (Å²) in [7, 11) is 0. The minimum absolute atomic E-state index is 0.102. The number of rotatable bonds is 2. The number of hydrogen-bond acceptors (Lipinski definition) is 1. The molecule has 11 heavy (non-hydrogen) atoms. The van der Waals surface area contributed by atoms with E-state index in [2.05, 4.69) is 6.92 Å². The van der Waals surface area contributed by atoms with Crippen molar-refractivity contribution in [3.63, 3.8) is 0 Å². The van der Waals surface area contributed by atoms with Crippen LogP contribution in [0.3, 0.4) is 0 Å². The van der Waals surface area contributed by atoms with Crippen LogP contribution in [0.1, 0.15) is 22.3 Å². The first kappa shape index (κ1) is 7.99. The van der Waals surface area contributed by atoms with Crippen molar-refractivity contribution in [2.75, 3.05) is 0 Å². The molecule has 1 radical (unpaired) electrons. The Morgan fingerprint density at radius 3 is 2.36 bits per heavy atom. The van der Waals surface area contributed by atoms with Gasteiger partial charge in [0.15, 0.2) is 5.78 Å². The number of carbonyl (C=O) groups excluding carboxylic acids is 1. The molecule has 0 amide bonds. The molecule has 0 bridgehead atoms. The first-order valence-corrected chi connectivity index (χ1v) is 3.63. The lowest BCUT2D eigenvalue weighted by Gasteiger charge is -1.96. The zero-order valence-electron chi connectivity index (χ0n) is 6.63. The second-order valence-corrected chi connectivity index (χ2v) is 2.54. The van der Waals surface area contributed by atoms with Gasteiger partial charge in [-0.3, -0.25) is 4.79 Å². The molecule has 0 aromatic heterocycles. The molecule has 0 aliphatic heterocycles. The Hall–Kier alpha value is -1.11. The maximum atomic E-state index is 11.1. The lowest BCUT2D eigenvalue weighted by atomic mass is 10.1. The fourth-order valence-corrected chi connectivity index (χ4v) is 0.884. The minimum Gasteiger partial charge on any atom is -0.294 e. The normalized spacial score (nSPS) is 9.64. The van der Waals surface area contributed by atoms with E-state index in [1.54, 1.807) is 0 Å². The summed E-state index contributed by atoms with van der Waals surface area (Å²) in [6, 6.07) is 7.54. The van der Waals surface area contributed by atoms with Crippen LogP contribution in [-0.4, -0.2) is 5.78 Å². The van der Waals surface area contributed by atoms with Crippen molar-refractivity contribution >= 4 is 5.78 Å². The van der Waals surface area contributed by atoms with Crippen LogP contribution in [0.15, 0.2) is 24.3 Å². The molecule has 0 unspecified atom stereocenters. The highest BCUT2D eigenvalue weighted by atomic mass is 16.1. The SMILES string of the molecule is [CH2]CC(=O)c1ccc(C)cc1. The van der Waals surface area contributed by atoms with E-state index in [-0.39, 0.29) is 5.78 Å². The molecule has 0 saturated heterocycles. The van der Waals surface area contributed by atoms with Crippen LogP contribution in [0.4, 0.5) is 0 Å². The molecule has 0 aliphatic rings. The van der Waals surface area contributed by atoms with Crippen LogP contribution in [0.5, 0.6) is 0 Å². The third kappa shape index (κ3) is 1.90. The summed E-state index contributed by atoms with van der Waals surface area (Å²) in [5.41, 5.74) is 1.93. The van der Waals surface area contributed by atoms with E-state index < -0.39 is 0 Å². The first-order chi connectivity index (χ1) is 5.24. The van der Waals surface area contributed by atoms with Crippen LogP contribution < -0.4 is 0 Å². The van der Waals surface area contributed by atoms with Gasteiger partial charge in [0.2, 0.25) is 0 Å². The molecule has 0 spiro atoms. The van der Waals surface area contributed by atoms with Gasteiger partial charge in [-0.05, 0) is 13.8 Å². The molecule has 0 N–H and O–H groups in total.